The second kappa shape index (κ2) is 10.8. The standard InChI is InChI=1S/C18H16ClNO2.C8H17N/c1-11-3-5-16(6-4-11)20-18(21)14-8-13-9-15(19)7-12(2)17(13)22-10-14;1-9(2)8-6-4-3-5-7-8/h3-9H,10H2,1-2H3,(H,20,21);8H,3-7H2,1-2H3/p+1. The first-order valence-corrected chi connectivity index (χ1v) is 11.5. The Bertz CT molecular complexity index is 929. The fraction of sp³-hybridized carbons (Fsp3) is 0.423. The van der Waals surface area contributed by atoms with Crippen molar-refractivity contribution in [3.05, 3.63) is 63.7 Å². The molecular formula is C26H34ClN2O2+. The van der Waals surface area contributed by atoms with E-state index in [1.807, 2.05) is 56.3 Å². The number of hydrogen-bond acceptors (Lipinski definition) is 2. The molecule has 166 valence electrons. The molecule has 1 saturated carbocycles. The maximum absolute atomic E-state index is 12.3. The van der Waals surface area contributed by atoms with Crippen molar-refractivity contribution in [2.24, 2.45) is 0 Å². The van der Waals surface area contributed by atoms with E-state index in [2.05, 4.69) is 19.4 Å². The summed E-state index contributed by atoms with van der Waals surface area (Å²) in [6.07, 6.45) is 9.17. The van der Waals surface area contributed by atoms with Crippen LogP contribution in [0.15, 0.2) is 42.0 Å². The van der Waals surface area contributed by atoms with Crippen LogP contribution in [0.2, 0.25) is 5.02 Å². The van der Waals surface area contributed by atoms with Crippen molar-refractivity contribution < 1.29 is 14.4 Å². The first-order chi connectivity index (χ1) is 14.8. The molecule has 4 rings (SSSR count). The summed E-state index contributed by atoms with van der Waals surface area (Å²) in [6, 6.07) is 12.3. The number of halogens is 1. The SMILES string of the molecule is C[NH+](C)C1CCCCC1.Cc1ccc(NC(=O)C2=Cc3cc(Cl)cc(C)c3OC2)cc1. The maximum atomic E-state index is 12.3. The number of quaternary nitrogens is 1. The molecule has 2 aromatic carbocycles. The van der Waals surface area contributed by atoms with Crippen molar-refractivity contribution >= 4 is 29.3 Å². The number of fused-ring (bicyclic) bond motifs is 1. The molecule has 1 heterocycles. The summed E-state index contributed by atoms with van der Waals surface area (Å²) in [7, 11) is 4.55. The third-order valence-corrected chi connectivity index (χ3v) is 6.21. The Hall–Kier alpha value is -2.30. The van der Waals surface area contributed by atoms with E-state index in [9.17, 15) is 4.79 Å². The number of carbonyl (C=O) groups excluding carboxylic acids is 1. The molecule has 2 aliphatic rings. The van der Waals surface area contributed by atoms with Crippen LogP contribution < -0.4 is 15.0 Å². The first kappa shape index (κ1) is 23.4. The van der Waals surface area contributed by atoms with Crippen LogP contribution in [0.3, 0.4) is 0 Å². The first-order valence-electron chi connectivity index (χ1n) is 11.1. The molecule has 0 atom stereocenters. The number of amides is 1. The van der Waals surface area contributed by atoms with Crippen LogP contribution in [0, 0.1) is 13.8 Å². The Morgan fingerprint density at radius 3 is 2.35 bits per heavy atom. The lowest BCUT2D eigenvalue weighted by Crippen LogP contribution is -3.10. The molecule has 1 fully saturated rings. The largest absolute Gasteiger partial charge is 0.488 e. The molecular weight excluding hydrogens is 408 g/mol. The van der Waals surface area contributed by atoms with Gasteiger partial charge in [-0.2, -0.15) is 0 Å². The van der Waals surface area contributed by atoms with Crippen molar-refractivity contribution in [2.75, 3.05) is 26.0 Å². The number of ether oxygens (including phenoxy) is 1. The topological polar surface area (TPSA) is 42.8 Å². The van der Waals surface area contributed by atoms with Gasteiger partial charge in [0.05, 0.1) is 25.7 Å². The van der Waals surface area contributed by atoms with Crippen LogP contribution in [0.5, 0.6) is 5.75 Å². The highest BCUT2D eigenvalue weighted by atomic mass is 35.5. The van der Waals surface area contributed by atoms with Gasteiger partial charge in [-0.1, -0.05) is 35.7 Å². The van der Waals surface area contributed by atoms with Gasteiger partial charge in [-0.05, 0) is 75.4 Å². The van der Waals surface area contributed by atoms with Gasteiger partial charge in [0.15, 0.2) is 0 Å². The molecule has 2 N–H and O–H groups in total. The maximum Gasteiger partial charge on any atom is 0.255 e. The summed E-state index contributed by atoms with van der Waals surface area (Å²) >= 11 is 6.07. The van der Waals surface area contributed by atoms with Crippen molar-refractivity contribution in [2.45, 2.75) is 52.0 Å². The van der Waals surface area contributed by atoms with E-state index in [-0.39, 0.29) is 12.5 Å². The van der Waals surface area contributed by atoms with E-state index in [0.29, 0.717) is 10.6 Å². The van der Waals surface area contributed by atoms with Crippen molar-refractivity contribution in [1.29, 1.82) is 0 Å². The van der Waals surface area contributed by atoms with Gasteiger partial charge in [0.2, 0.25) is 0 Å². The van der Waals surface area contributed by atoms with Crippen LogP contribution >= 0.6 is 11.6 Å². The van der Waals surface area contributed by atoms with Crippen molar-refractivity contribution in [3.63, 3.8) is 0 Å². The Kier molecular flexibility index (Phi) is 8.16. The molecule has 1 aliphatic carbocycles. The molecule has 1 aliphatic heterocycles. The summed E-state index contributed by atoms with van der Waals surface area (Å²) in [5.41, 5.74) is 4.30. The molecule has 0 aromatic heterocycles. The summed E-state index contributed by atoms with van der Waals surface area (Å²) in [4.78, 5) is 14.0. The van der Waals surface area contributed by atoms with E-state index >= 15 is 0 Å². The van der Waals surface area contributed by atoms with E-state index in [1.54, 1.807) is 4.90 Å². The number of benzene rings is 2. The normalized spacial score (nSPS) is 15.9. The van der Waals surface area contributed by atoms with Crippen LogP contribution in [0.1, 0.15) is 48.8 Å². The lowest BCUT2D eigenvalue weighted by molar-refractivity contribution is -0.887. The van der Waals surface area contributed by atoms with E-state index in [0.717, 1.165) is 34.2 Å². The minimum atomic E-state index is -0.160. The summed E-state index contributed by atoms with van der Waals surface area (Å²) < 4.78 is 5.71. The molecule has 0 spiro atoms. The lowest BCUT2D eigenvalue weighted by Gasteiger charge is -2.24. The molecule has 0 radical (unpaired) electrons. The Morgan fingerprint density at radius 1 is 1.06 bits per heavy atom. The van der Waals surface area contributed by atoms with Crippen LogP contribution in [-0.4, -0.2) is 32.7 Å². The summed E-state index contributed by atoms with van der Waals surface area (Å²) in [5.74, 6) is 0.628. The van der Waals surface area contributed by atoms with Gasteiger partial charge in [0, 0.05) is 16.3 Å². The highest BCUT2D eigenvalue weighted by molar-refractivity contribution is 6.31. The number of rotatable bonds is 3. The molecule has 1 amide bonds. The monoisotopic (exact) mass is 441 g/mol. The summed E-state index contributed by atoms with van der Waals surface area (Å²) in [6.45, 7) is 4.20. The zero-order chi connectivity index (χ0) is 22.4. The minimum Gasteiger partial charge on any atom is -0.488 e. The molecule has 5 heteroatoms. The fourth-order valence-corrected chi connectivity index (χ4v) is 4.38. The number of anilines is 1. The Morgan fingerprint density at radius 2 is 1.74 bits per heavy atom. The Balaban J connectivity index is 0.000000254. The highest BCUT2D eigenvalue weighted by Crippen LogP contribution is 2.33. The van der Waals surface area contributed by atoms with Crippen molar-refractivity contribution in [3.8, 4) is 5.75 Å². The van der Waals surface area contributed by atoms with Gasteiger partial charge in [-0.15, -0.1) is 0 Å². The average molecular weight is 442 g/mol. The number of nitrogens with one attached hydrogen (secondary N) is 2. The zero-order valence-electron chi connectivity index (χ0n) is 19.1. The molecule has 31 heavy (non-hydrogen) atoms. The van der Waals surface area contributed by atoms with Gasteiger partial charge in [-0.25, -0.2) is 0 Å². The van der Waals surface area contributed by atoms with E-state index in [1.165, 1.54) is 32.1 Å². The predicted molar refractivity (Wildman–Crippen MR) is 129 cm³/mol. The zero-order valence-corrected chi connectivity index (χ0v) is 19.8. The summed E-state index contributed by atoms with van der Waals surface area (Å²) in [5, 5.41) is 3.51. The molecule has 0 bridgehead atoms. The van der Waals surface area contributed by atoms with Crippen LogP contribution in [0.25, 0.3) is 6.08 Å². The molecule has 2 aromatic rings. The van der Waals surface area contributed by atoms with Gasteiger partial charge < -0.3 is 15.0 Å². The van der Waals surface area contributed by atoms with Gasteiger partial charge >= 0.3 is 0 Å². The number of carbonyl (C=O) groups is 1. The predicted octanol–water partition coefficient (Wildman–Crippen LogP) is 4.83. The van der Waals surface area contributed by atoms with Gasteiger partial charge in [-0.3, -0.25) is 4.79 Å². The number of hydrogen-bond donors (Lipinski definition) is 2. The highest BCUT2D eigenvalue weighted by Gasteiger charge is 2.19. The van der Waals surface area contributed by atoms with Crippen LogP contribution in [-0.2, 0) is 4.79 Å². The molecule has 0 unspecified atom stereocenters. The smallest absolute Gasteiger partial charge is 0.255 e. The lowest BCUT2D eigenvalue weighted by atomic mass is 9.95. The fourth-order valence-electron chi connectivity index (χ4n) is 4.10. The Labute approximate surface area is 191 Å². The van der Waals surface area contributed by atoms with E-state index in [4.69, 9.17) is 16.3 Å². The van der Waals surface area contributed by atoms with Crippen LogP contribution in [0.4, 0.5) is 5.69 Å². The average Bonchev–Trinajstić information content (AvgIpc) is 2.76. The molecule has 4 nitrogen and oxygen atoms in total. The number of aryl methyl sites for hydroxylation is 2. The third-order valence-electron chi connectivity index (χ3n) is 5.99. The minimum absolute atomic E-state index is 0.160. The second-order valence-electron chi connectivity index (χ2n) is 8.83. The second-order valence-corrected chi connectivity index (χ2v) is 9.27. The quantitative estimate of drug-likeness (QED) is 0.716. The molecule has 0 saturated heterocycles. The van der Waals surface area contributed by atoms with E-state index < -0.39 is 0 Å². The van der Waals surface area contributed by atoms with Gasteiger partial charge in [0.1, 0.15) is 12.4 Å². The van der Waals surface area contributed by atoms with Crippen molar-refractivity contribution in [1.82, 2.24) is 0 Å². The van der Waals surface area contributed by atoms with Gasteiger partial charge in [0.25, 0.3) is 5.91 Å². The third kappa shape index (κ3) is 6.59.